The van der Waals surface area contributed by atoms with Crippen LogP contribution < -0.4 is 20.6 Å². The lowest BCUT2D eigenvalue weighted by Crippen LogP contribution is -2.50. The van der Waals surface area contributed by atoms with Crippen molar-refractivity contribution in [1.82, 2.24) is 10.3 Å². The zero-order valence-corrected chi connectivity index (χ0v) is 17.7. The maximum Gasteiger partial charge on any atom is 0.276 e. The molecule has 2 aliphatic rings. The summed E-state index contributed by atoms with van der Waals surface area (Å²) in [6.45, 7) is 0.442. The number of nitrogens with one attached hydrogen (secondary N) is 1. The highest BCUT2D eigenvalue weighted by atomic mass is 32.2. The lowest BCUT2D eigenvalue weighted by atomic mass is 10.1. The molecule has 0 aromatic heterocycles. The van der Waals surface area contributed by atoms with Crippen molar-refractivity contribution in [2.45, 2.75) is 12.8 Å². The molecule has 0 bridgehead atoms. The molecule has 0 aliphatic carbocycles. The van der Waals surface area contributed by atoms with Crippen molar-refractivity contribution in [3.63, 3.8) is 0 Å². The molecule has 154 valence electrons. The van der Waals surface area contributed by atoms with E-state index in [0.717, 1.165) is 21.7 Å². The molecular weight excluding hydrogens is 408 g/mol. The first kappa shape index (κ1) is 19.4. The number of ether oxygens (including phenoxy) is 1. The Bertz CT molecular complexity index is 1290. The molecule has 0 unspecified atom stereocenters. The average molecular weight is 429 g/mol. The number of hydrogen-bond acceptors (Lipinski definition) is 6. The van der Waals surface area contributed by atoms with Crippen molar-refractivity contribution >= 4 is 28.5 Å². The number of amides is 1. The molecule has 3 aromatic carbocycles. The molecule has 1 amide bonds. The van der Waals surface area contributed by atoms with Crippen molar-refractivity contribution in [3.05, 3.63) is 101 Å². The summed E-state index contributed by atoms with van der Waals surface area (Å²) in [6, 6.07) is 25.4. The molecular formula is C24H20N4O2S. The van der Waals surface area contributed by atoms with Crippen LogP contribution in [0.3, 0.4) is 0 Å². The fourth-order valence-electron chi connectivity index (χ4n) is 3.68. The normalized spacial score (nSPS) is 17.1. The standard InChI is InChI=1S/C24H20N4O2S/c1-31-24-26-23(29)21-17-11-5-7-13-19(17)25-22(28(21)27-24)18-12-6-8-14-20(18)30-15-16-9-3-2-4-10-16/h2-14,22H,15H2,1H3,(H,26,27,29)/t22-/m1/s1. The Hall–Kier alpha value is -3.58. The van der Waals surface area contributed by atoms with Crippen LogP contribution in [0.15, 0.2) is 89.0 Å². The molecule has 2 heterocycles. The lowest BCUT2D eigenvalue weighted by Gasteiger charge is -2.34. The summed E-state index contributed by atoms with van der Waals surface area (Å²) in [5, 5.41) is 11.3. The first-order valence-corrected chi connectivity index (χ1v) is 11.1. The molecule has 7 heteroatoms. The van der Waals surface area contributed by atoms with E-state index >= 15 is 0 Å². The van der Waals surface area contributed by atoms with Gasteiger partial charge in [-0.2, -0.15) is 0 Å². The Morgan fingerprint density at radius 1 is 1.00 bits per heavy atom. The minimum atomic E-state index is -0.509. The molecule has 1 atom stereocenters. The Balaban J connectivity index is 1.61. The van der Waals surface area contributed by atoms with Crippen molar-refractivity contribution in [1.29, 1.82) is 0 Å². The molecule has 6 nitrogen and oxygen atoms in total. The number of carbonyl (C=O) groups excluding carboxylic acids is 1. The van der Waals surface area contributed by atoms with E-state index in [9.17, 15) is 4.79 Å². The topological polar surface area (TPSA) is 66.3 Å². The summed E-state index contributed by atoms with van der Waals surface area (Å²) in [5.41, 5.74) is 2.42. The van der Waals surface area contributed by atoms with Gasteiger partial charge in [0.05, 0.1) is 5.36 Å². The number of fused-ring (bicyclic) bond motifs is 2. The molecule has 0 saturated heterocycles. The summed E-state index contributed by atoms with van der Waals surface area (Å²) in [7, 11) is 0. The van der Waals surface area contributed by atoms with Crippen molar-refractivity contribution in [2.75, 3.05) is 6.26 Å². The van der Waals surface area contributed by atoms with E-state index in [1.807, 2.05) is 85.1 Å². The average Bonchev–Trinajstić information content (AvgIpc) is 2.82. The Morgan fingerprint density at radius 2 is 1.74 bits per heavy atom. The summed E-state index contributed by atoms with van der Waals surface area (Å²) < 4.78 is 6.17. The van der Waals surface area contributed by atoms with Crippen LogP contribution in [0.4, 0.5) is 0 Å². The highest BCUT2D eigenvalue weighted by Gasteiger charge is 2.35. The second-order valence-electron chi connectivity index (χ2n) is 7.09. The number of hydrazone groups is 1. The van der Waals surface area contributed by atoms with Crippen molar-refractivity contribution in [2.24, 2.45) is 10.1 Å². The SMILES string of the molecule is CSC1=NN2C(=c3ccccc3=N[C@H]2c2ccccc2OCc2ccccc2)C(=O)N1. The van der Waals surface area contributed by atoms with E-state index in [-0.39, 0.29) is 5.91 Å². The highest BCUT2D eigenvalue weighted by Crippen LogP contribution is 2.35. The van der Waals surface area contributed by atoms with E-state index < -0.39 is 6.17 Å². The van der Waals surface area contributed by atoms with Gasteiger partial charge in [0.15, 0.2) is 11.3 Å². The van der Waals surface area contributed by atoms with Gasteiger partial charge in [-0.3, -0.25) is 15.1 Å². The van der Waals surface area contributed by atoms with Gasteiger partial charge >= 0.3 is 0 Å². The maximum atomic E-state index is 13.0. The fourth-order valence-corrected chi connectivity index (χ4v) is 4.05. The zero-order valence-electron chi connectivity index (χ0n) is 16.9. The first-order valence-electron chi connectivity index (χ1n) is 9.90. The van der Waals surface area contributed by atoms with E-state index in [1.165, 1.54) is 11.8 Å². The van der Waals surface area contributed by atoms with Crippen LogP contribution in [0.2, 0.25) is 0 Å². The molecule has 31 heavy (non-hydrogen) atoms. The Kier molecular flexibility index (Phi) is 5.18. The van der Waals surface area contributed by atoms with E-state index in [4.69, 9.17) is 9.73 Å². The smallest absolute Gasteiger partial charge is 0.276 e. The lowest BCUT2D eigenvalue weighted by molar-refractivity contribution is -0.116. The van der Waals surface area contributed by atoms with Gasteiger partial charge in [0, 0.05) is 10.8 Å². The van der Waals surface area contributed by atoms with Gasteiger partial charge in [-0.1, -0.05) is 78.5 Å². The minimum absolute atomic E-state index is 0.186. The predicted molar refractivity (Wildman–Crippen MR) is 122 cm³/mol. The van der Waals surface area contributed by atoms with Crippen LogP contribution in [0.5, 0.6) is 5.75 Å². The summed E-state index contributed by atoms with van der Waals surface area (Å²) in [4.78, 5) is 17.9. The monoisotopic (exact) mass is 428 g/mol. The van der Waals surface area contributed by atoms with Crippen molar-refractivity contribution < 1.29 is 9.53 Å². The maximum absolute atomic E-state index is 13.0. The molecule has 2 aliphatic heterocycles. The zero-order chi connectivity index (χ0) is 21.2. The number of benzene rings is 3. The molecule has 5 rings (SSSR count). The summed E-state index contributed by atoms with van der Waals surface area (Å²) in [6.07, 6.45) is 1.37. The number of carbonyl (C=O) groups is 1. The molecule has 3 aromatic rings. The minimum Gasteiger partial charge on any atom is -0.488 e. The van der Waals surface area contributed by atoms with Crippen molar-refractivity contribution in [3.8, 4) is 5.75 Å². The third-order valence-electron chi connectivity index (χ3n) is 5.14. The number of para-hydroxylation sites is 2. The summed E-state index contributed by atoms with van der Waals surface area (Å²) >= 11 is 1.39. The van der Waals surface area contributed by atoms with Gasteiger partial charge in [0.25, 0.3) is 5.91 Å². The number of amidine groups is 1. The molecule has 0 saturated carbocycles. The molecule has 0 fully saturated rings. The fraction of sp³-hybridized carbons (Fsp3) is 0.125. The van der Waals surface area contributed by atoms with Crippen LogP contribution in [0.1, 0.15) is 17.3 Å². The van der Waals surface area contributed by atoms with Gasteiger partial charge in [-0.25, -0.2) is 5.01 Å². The number of thioether (sulfide) groups is 1. The molecule has 0 spiro atoms. The third kappa shape index (κ3) is 3.68. The highest BCUT2D eigenvalue weighted by molar-refractivity contribution is 8.13. The number of nitrogens with zero attached hydrogens (tertiary/aromatic N) is 3. The van der Waals surface area contributed by atoms with Gasteiger partial charge in [-0.05, 0) is 24.0 Å². The third-order valence-corrected chi connectivity index (χ3v) is 5.71. The predicted octanol–water partition coefficient (Wildman–Crippen LogP) is 2.77. The van der Waals surface area contributed by atoms with Gasteiger partial charge in [0.2, 0.25) is 0 Å². The Morgan fingerprint density at radius 3 is 2.58 bits per heavy atom. The van der Waals surface area contributed by atoms with Crippen LogP contribution in [-0.2, 0) is 11.4 Å². The largest absolute Gasteiger partial charge is 0.488 e. The van der Waals surface area contributed by atoms with E-state index in [2.05, 4.69) is 10.4 Å². The van der Waals surface area contributed by atoms with Gasteiger partial charge in [-0.15, -0.1) is 5.10 Å². The number of hydrogen-bond donors (Lipinski definition) is 1. The van der Waals surface area contributed by atoms with E-state index in [1.54, 1.807) is 5.01 Å². The van der Waals surface area contributed by atoms with Crippen LogP contribution in [0, 0.1) is 0 Å². The quantitative estimate of drug-likeness (QED) is 0.694. The van der Waals surface area contributed by atoms with Gasteiger partial charge in [0.1, 0.15) is 18.1 Å². The summed E-state index contributed by atoms with van der Waals surface area (Å²) in [5.74, 6) is 0.528. The molecule has 1 N–H and O–H groups in total. The second kappa shape index (κ2) is 8.28. The van der Waals surface area contributed by atoms with Crippen LogP contribution >= 0.6 is 11.8 Å². The van der Waals surface area contributed by atoms with Gasteiger partial charge < -0.3 is 4.74 Å². The van der Waals surface area contributed by atoms with E-state index in [0.29, 0.717) is 23.2 Å². The number of rotatable bonds is 4. The van der Waals surface area contributed by atoms with Crippen LogP contribution in [0.25, 0.3) is 5.70 Å². The Labute approximate surface area is 184 Å². The first-order chi connectivity index (χ1) is 15.2. The van der Waals surface area contributed by atoms with Crippen LogP contribution in [-0.4, -0.2) is 22.3 Å². The second-order valence-corrected chi connectivity index (χ2v) is 7.88. The molecule has 0 radical (unpaired) electrons.